The van der Waals surface area contributed by atoms with Crippen LogP contribution in [0.2, 0.25) is 0 Å². The standard InChI is InChI=1S/C22H26N/c1-6-8-18-9-7-10-21-19(18)11-12-22(23(21)5)20-14-15(2)13-16(3)17(20)4/h7,9-14H,6,8H2,1-5H3/q+1. The van der Waals surface area contributed by atoms with Crippen LogP contribution in [0.4, 0.5) is 0 Å². The molecule has 1 nitrogen and oxygen atoms in total. The molecule has 0 radical (unpaired) electrons. The first-order valence-corrected chi connectivity index (χ1v) is 8.51. The molecule has 0 aliphatic carbocycles. The first-order chi connectivity index (χ1) is 11.0. The smallest absolute Gasteiger partial charge is 0.194 e. The molecule has 0 unspecified atom stereocenters. The van der Waals surface area contributed by atoms with Crippen molar-refractivity contribution in [1.29, 1.82) is 0 Å². The summed E-state index contributed by atoms with van der Waals surface area (Å²) in [6.45, 7) is 8.84. The number of fused-ring (bicyclic) bond motifs is 1. The molecule has 1 heterocycles. The Balaban J connectivity index is 2.27. The largest absolute Gasteiger partial charge is 0.213 e. The Kier molecular flexibility index (Phi) is 4.21. The summed E-state index contributed by atoms with van der Waals surface area (Å²) in [6, 6.07) is 15.8. The van der Waals surface area contributed by atoms with Crippen LogP contribution in [0.3, 0.4) is 0 Å². The molecule has 118 valence electrons. The fourth-order valence-electron chi connectivity index (χ4n) is 3.55. The molecule has 0 saturated heterocycles. The zero-order chi connectivity index (χ0) is 16.6. The van der Waals surface area contributed by atoms with Gasteiger partial charge in [-0.2, -0.15) is 4.57 Å². The molecule has 23 heavy (non-hydrogen) atoms. The van der Waals surface area contributed by atoms with Crippen LogP contribution >= 0.6 is 0 Å². The molecule has 0 N–H and O–H groups in total. The molecule has 0 fully saturated rings. The Morgan fingerprint density at radius 2 is 1.74 bits per heavy atom. The van der Waals surface area contributed by atoms with Crippen molar-refractivity contribution in [3.8, 4) is 11.3 Å². The summed E-state index contributed by atoms with van der Waals surface area (Å²) >= 11 is 0. The highest BCUT2D eigenvalue weighted by Gasteiger charge is 2.18. The van der Waals surface area contributed by atoms with Gasteiger partial charge in [-0.15, -0.1) is 0 Å². The van der Waals surface area contributed by atoms with Gasteiger partial charge in [0.15, 0.2) is 0 Å². The van der Waals surface area contributed by atoms with Gasteiger partial charge in [0, 0.05) is 23.1 Å². The maximum absolute atomic E-state index is 2.34. The molecule has 3 rings (SSSR count). The molecule has 0 aliphatic heterocycles. The molecular formula is C22H26N+. The van der Waals surface area contributed by atoms with Gasteiger partial charge in [-0.05, 0) is 56.0 Å². The van der Waals surface area contributed by atoms with E-state index in [1.165, 1.54) is 50.8 Å². The number of pyridine rings is 1. The van der Waals surface area contributed by atoms with Crippen molar-refractivity contribution >= 4 is 10.9 Å². The molecule has 3 aromatic rings. The van der Waals surface area contributed by atoms with Crippen LogP contribution in [0.25, 0.3) is 22.2 Å². The highest BCUT2D eigenvalue weighted by Crippen LogP contribution is 2.27. The Labute approximate surface area is 139 Å². The molecule has 1 heteroatoms. The highest BCUT2D eigenvalue weighted by molar-refractivity contribution is 5.81. The quantitative estimate of drug-likeness (QED) is 0.585. The SMILES string of the molecule is CCCc1cccc2c1ccc(-c1cc(C)cc(C)c1C)[n+]2C. The average Bonchev–Trinajstić information content (AvgIpc) is 2.52. The van der Waals surface area contributed by atoms with E-state index in [1.54, 1.807) is 0 Å². The third-order valence-electron chi connectivity index (χ3n) is 4.91. The lowest BCUT2D eigenvalue weighted by Crippen LogP contribution is -2.32. The van der Waals surface area contributed by atoms with Crippen molar-refractivity contribution in [3.05, 3.63) is 64.7 Å². The lowest BCUT2D eigenvalue weighted by atomic mass is 9.96. The van der Waals surface area contributed by atoms with Crippen molar-refractivity contribution in [2.45, 2.75) is 40.5 Å². The molecule has 1 aromatic heterocycles. The van der Waals surface area contributed by atoms with Gasteiger partial charge < -0.3 is 0 Å². The van der Waals surface area contributed by atoms with Crippen molar-refractivity contribution in [2.24, 2.45) is 7.05 Å². The van der Waals surface area contributed by atoms with Crippen LogP contribution in [0.1, 0.15) is 35.6 Å². The van der Waals surface area contributed by atoms with Crippen LogP contribution in [0, 0.1) is 20.8 Å². The molecule has 0 atom stereocenters. The maximum atomic E-state index is 2.34. The second kappa shape index (κ2) is 6.16. The number of rotatable bonds is 3. The topological polar surface area (TPSA) is 3.88 Å². The summed E-state index contributed by atoms with van der Waals surface area (Å²) < 4.78 is 2.34. The van der Waals surface area contributed by atoms with E-state index in [4.69, 9.17) is 0 Å². The summed E-state index contributed by atoms with van der Waals surface area (Å²) in [5, 5.41) is 1.38. The van der Waals surface area contributed by atoms with Crippen LogP contribution in [0.5, 0.6) is 0 Å². The van der Waals surface area contributed by atoms with Gasteiger partial charge in [-0.1, -0.05) is 37.1 Å². The first-order valence-electron chi connectivity index (χ1n) is 8.51. The number of aryl methyl sites for hydroxylation is 4. The Morgan fingerprint density at radius 1 is 0.957 bits per heavy atom. The van der Waals surface area contributed by atoms with Crippen LogP contribution in [0.15, 0.2) is 42.5 Å². The van der Waals surface area contributed by atoms with E-state index < -0.39 is 0 Å². The lowest BCUT2D eigenvalue weighted by Gasteiger charge is -2.11. The summed E-state index contributed by atoms with van der Waals surface area (Å²) in [5.74, 6) is 0. The summed E-state index contributed by atoms with van der Waals surface area (Å²) in [6.07, 6.45) is 2.32. The zero-order valence-electron chi connectivity index (χ0n) is 14.9. The maximum Gasteiger partial charge on any atom is 0.213 e. The fourth-order valence-corrected chi connectivity index (χ4v) is 3.55. The number of hydrogen-bond acceptors (Lipinski definition) is 0. The number of aromatic nitrogens is 1. The van der Waals surface area contributed by atoms with E-state index in [0.717, 1.165) is 6.42 Å². The lowest BCUT2D eigenvalue weighted by molar-refractivity contribution is -0.633. The molecule has 0 amide bonds. The zero-order valence-corrected chi connectivity index (χ0v) is 14.9. The summed E-state index contributed by atoms with van der Waals surface area (Å²) in [7, 11) is 2.19. The molecule has 0 aliphatic rings. The second-order valence-electron chi connectivity index (χ2n) is 6.63. The van der Waals surface area contributed by atoms with Gasteiger partial charge >= 0.3 is 0 Å². The minimum absolute atomic E-state index is 1.14. The van der Waals surface area contributed by atoms with Crippen LogP contribution in [-0.2, 0) is 13.5 Å². The van der Waals surface area contributed by atoms with Gasteiger partial charge in [0.1, 0.15) is 7.05 Å². The van der Waals surface area contributed by atoms with Gasteiger partial charge in [0.05, 0.1) is 0 Å². The first kappa shape index (κ1) is 15.7. The predicted octanol–water partition coefficient (Wildman–Crippen LogP) is 5.21. The average molecular weight is 304 g/mol. The third kappa shape index (κ3) is 2.76. The molecule has 0 spiro atoms. The van der Waals surface area contributed by atoms with Gasteiger partial charge in [0.2, 0.25) is 11.2 Å². The number of benzene rings is 2. The normalized spacial score (nSPS) is 11.2. The van der Waals surface area contributed by atoms with Gasteiger partial charge in [-0.25, -0.2) is 0 Å². The third-order valence-corrected chi connectivity index (χ3v) is 4.91. The molecule has 2 aromatic carbocycles. The second-order valence-corrected chi connectivity index (χ2v) is 6.63. The van der Waals surface area contributed by atoms with Crippen molar-refractivity contribution in [2.75, 3.05) is 0 Å². The van der Waals surface area contributed by atoms with Gasteiger partial charge in [0.25, 0.3) is 0 Å². The monoisotopic (exact) mass is 304 g/mol. The summed E-state index contributed by atoms with van der Waals surface area (Å²) in [4.78, 5) is 0. The number of nitrogens with zero attached hydrogens (tertiary/aromatic N) is 1. The Hall–Kier alpha value is -2.15. The minimum atomic E-state index is 1.14. The predicted molar refractivity (Wildman–Crippen MR) is 98.8 cm³/mol. The van der Waals surface area contributed by atoms with Crippen LogP contribution in [-0.4, -0.2) is 0 Å². The van der Waals surface area contributed by atoms with E-state index in [0.29, 0.717) is 0 Å². The molecule has 0 bridgehead atoms. The van der Waals surface area contributed by atoms with E-state index >= 15 is 0 Å². The molecule has 0 saturated carbocycles. The van der Waals surface area contributed by atoms with Crippen molar-refractivity contribution < 1.29 is 4.57 Å². The fraction of sp³-hybridized carbons (Fsp3) is 0.318. The van der Waals surface area contributed by atoms with E-state index in [2.05, 4.69) is 81.8 Å². The number of hydrogen-bond donors (Lipinski definition) is 0. The summed E-state index contributed by atoms with van der Waals surface area (Å²) in [5.41, 5.74) is 9.44. The van der Waals surface area contributed by atoms with Gasteiger partial charge in [-0.3, -0.25) is 0 Å². The van der Waals surface area contributed by atoms with E-state index in [9.17, 15) is 0 Å². The van der Waals surface area contributed by atoms with Crippen molar-refractivity contribution in [3.63, 3.8) is 0 Å². The Morgan fingerprint density at radius 3 is 2.48 bits per heavy atom. The van der Waals surface area contributed by atoms with Crippen LogP contribution < -0.4 is 4.57 Å². The van der Waals surface area contributed by atoms with Crippen molar-refractivity contribution in [1.82, 2.24) is 0 Å². The van der Waals surface area contributed by atoms with E-state index in [1.807, 2.05) is 0 Å². The van der Waals surface area contributed by atoms with E-state index in [-0.39, 0.29) is 0 Å². The highest BCUT2D eigenvalue weighted by atomic mass is 14.9. The Bertz CT molecular complexity index is 875. The molecular weight excluding hydrogens is 278 g/mol. The minimum Gasteiger partial charge on any atom is -0.194 e.